The Morgan fingerprint density at radius 3 is 2.79 bits per heavy atom. The highest BCUT2D eigenvalue weighted by atomic mass is 32.1. The molecule has 5 nitrogen and oxygen atoms in total. The average Bonchev–Trinajstić information content (AvgIpc) is 2.98. The van der Waals surface area contributed by atoms with E-state index in [1.807, 2.05) is 0 Å². The number of hydrogen-bond acceptors (Lipinski definition) is 5. The van der Waals surface area contributed by atoms with Gasteiger partial charge in [-0.25, -0.2) is 0 Å². The molecule has 1 amide bonds. The van der Waals surface area contributed by atoms with Crippen molar-refractivity contribution in [2.24, 2.45) is 0 Å². The zero-order valence-corrected chi connectivity index (χ0v) is 11.7. The molecular formula is C13H16N4OS. The summed E-state index contributed by atoms with van der Waals surface area (Å²) in [4.78, 5) is 12.6. The van der Waals surface area contributed by atoms with E-state index in [2.05, 4.69) is 45.3 Å². The monoisotopic (exact) mass is 276 g/mol. The van der Waals surface area contributed by atoms with Crippen LogP contribution in [0.1, 0.15) is 28.2 Å². The number of amides is 1. The fourth-order valence-corrected chi connectivity index (χ4v) is 2.39. The molecule has 6 heteroatoms. The molecule has 19 heavy (non-hydrogen) atoms. The van der Waals surface area contributed by atoms with Crippen LogP contribution in [0, 0.1) is 0 Å². The van der Waals surface area contributed by atoms with Crippen molar-refractivity contribution in [1.29, 1.82) is 0 Å². The van der Waals surface area contributed by atoms with Crippen molar-refractivity contribution < 1.29 is 4.79 Å². The van der Waals surface area contributed by atoms with Gasteiger partial charge in [0.2, 0.25) is 0 Å². The predicted octanol–water partition coefficient (Wildman–Crippen LogP) is 2.11. The van der Waals surface area contributed by atoms with Gasteiger partial charge in [0, 0.05) is 24.4 Å². The molecule has 0 aromatic carbocycles. The van der Waals surface area contributed by atoms with Crippen LogP contribution >= 0.6 is 11.3 Å². The molecule has 0 saturated carbocycles. The molecular weight excluding hydrogens is 260 g/mol. The van der Waals surface area contributed by atoms with Gasteiger partial charge < -0.3 is 10.6 Å². The summed E-state index contributed by atoms with van der Waals surface area (Å²) in [6.45, 7) is 2.94. The van der Waals surface area contributed by atoms with Crippen LogP contribution in [0.3, 0.4) is 0 Å². The number of hydrogen-bond donors (Lipinski definition) is 2. The van der Waals surface area contributed by atoms with E-state index in [0.29, 0.717) is 17.4 Å². The quantitative estimate of drug-likeness (QED) is 0.877. The van der Waals surface area contributed by atoms with Gasteiger partial charge in [0.15, 0.2) is 5.69 Å². The van der Waals surface area contributed by atoms with Crippen LogP contribution in [-0.4, -0.2) is 29.7 Å². The van der Waals surface area contributed by atoms with Gasteiger partial charge in [-0.15, -0.1) is 21.5 Å². The van der Waals surface area contributed by atoms with Crippen LogP contribution in [0.25, 0.3) is 0 Å². The highest BCUT2D eigenvalue weighted by Crippen LogP contribution is 2.20. The normalized spacial score (nSPS) is 11.9. The Morgan fingerprint density at radius 1 is 1.37 bits per heavy atom. The molecule has 0 aliphatic carbocycles. The second-order valence-corrected chi connectivity index (χ2v) is 5.16. The van der Waals surface area contributed by atoms with Gasteiger partial charge in [-0.2, -0.15) is 0 Å². The lowest BCUT2D eigenvalue weighted by molar-refractivity contribution is 0.0957. The summed E-state index contributed by atoms with van der Waals surface area (Å²) in [6, 6.07) is 7.59. The fourth-order valence-electron chi connectivity index (χ4n) is 1.61. The maximum Gasteiger partial charge on any atom is 0.271 e. The third kappa shape index (κ3) is 3.51. The first kappa shape index (κ1) is 13.5. The molecule has 2 aromatic heterocycles. The highest BCUT2D eigenvalue weighted by molar-refractivity contribution is 7.10. The first-order valence-corrected chi connectivity index (χ1v) is 6.91. The van der Waals surface area contributed by atoms with E-state index in [-0.39, 0.29) is 5.91 Å². The lowest BCUT2D eigenvalue weighted by Gasteiger charge is -2.11. The minimum absolute atomic E-state index is 0.231. The Morgan fingerprint density at radius 2 is 2.21 bits per heavy atom. The van der Waals surface area contributed by atoms with Crippen molar-refractivity contribution in [2.45, 2.75) is 12.8 Å². The van der Waals surface area contributed by atoms with Gasteiger partial charge in [0.1, 0.15) is 5.82 Å². The van der Waals surface area contributed by atoms with E-state index in [9.17, 15) is 4.79 Å². The van der Waals surface area contributed by atoms with Crippen molar-refractivity contribution >= 4 is 23.1 Å². The van der Waals surface area contributed by atoms with Crippen LogP contribution in [0.2, 0.25) is 0 Å². The van der Waals surface area contributed by atoms with Crippen LogP contribution in [0.4, 0.5) is 5.82 Å². The smallest absolute Gasteiger partial charge is 0.271 e. The SMILES string of the molecule is CNC(=O)c1ccc(NCC(C)c2cccs2)nn1. The molecule has 100 valence electrons. The zero-order chi connectivity index (χ0) is 13.7. The van der Waals surface area contributed by atoms with E-state index in [0.717, 1.165) is 6.54 Å². The van der Waals surface area contributed by atoms with Gasteiger partial charge in [-0.1, -0.05) is 13.0 Å². The first-order valence-electron chi connectivity index (χ1n) is 6.04. The fraction of sp³-hybridized carbons (Fsp3) is 0.308. The van der Waals surface area contributed by atoms with Crippen LogP contribution in [-0.2, 0) is 0 Å². The maximum absolute atomic E-state index is 11.3. The Balaban J connectivity index is 1.91. The molecule has 0 spiro atoms. The Kier molecular flexibility index (Phi) is 4.46. The molecule has 2 rings (SSSR count). The maximum atomic E-state index is 11.3. The van der Waals surface area contributed by atoms with E-state index >= 15 is 0 Å². The molecule has 1 unspecified atom stereocenters. The number of nitrogens with one attached hydrogen (secondary N) is 2. The third-order valence-corrected chi connectivity index (χ3v) is 3.85. The summed E-state index contributed by atoms with van der Waals surface area (Å²) >= 11 is 1.75. The minimum atomic E-state index is -0.231. The standard InChI is InChI=1S/C13H16N4OS/c1-9(11-4-3-7-19-11)8-15-12-6-5-10(16-17-12)13(18)14-2/h3-7,9H,8H2,1-2H3,(H,14,18)(H,15,17). The number of nitrogens with zero attached hydrogens (tertiary/aromatic N) is 2. The first-order chi connectivity index (χ1) is 9.20. The molecule has 2 heterocycles. The van der Waals surface area contributed by atoms with E-state index in [1.165, 1.54) is 4.88 Å². The molecule has 0 aliphatic heterocycles. The number of carbonyl (C=O) groups is 1. The van der Waals surface area contributed by atoms with Crippen molar-refractivity contribution in [3.05, 3.63) is 40.2 Å². The second kappa shape index (κ2) is 6.29. The molecule has 0 bridgehead atoms. The molecule has 0 radical (unpaired) electrons. The van der Waals surface area contributed by atoms with Gasteiger partial charge in [-0.3, -0.25) is 4.79 Å². The number of rotatable bonds is 5. The number of anilines is 1. The van der Waals surface area contributed by atoms with Crippen molar-refractivity contribution in [3.63, 3.8) is 0 Å². The number of aromatic nitrogens is 2. The highest BCUT2D eigenvalue weighted by Gasteiger charge is 2.08. The summed E-state index contributed by atoms with van der Waals surface area (Å²) < 4.78 is 0. The molecule has 2 aromatic rings. The lowest BCUT2D eigenvalue weighted by atomic mass is 10.1. The Labute approximate surface area is 116 Å². The largest absolute Gasteiger partial charge is 0.368 e. The van der Waals surface area contributed by atoms with E-state index in [1.54, 1.807) is 30.5 Å². The topological polar surface area (TPSA) is 66.9 Å². The molecule has 2 N–H and O–H groups in total. The van der Waals surface area contributed by atoms with Crippen LogP contribution in [0.5, 0.6) is 0 Å². The summed E-state index contributed by atoms with van der Waals surface area (Å²) in [7, 11) is 1.57. The number of thiophene rings is 1. The Hall–Kier alpha value is -1.95. The second-order valence-electron chi connectivity index (χ2n) is 4.18. The van der Waals surface area contributed by atoms with Crippen molar-refractivity contribution in [3.8, 4) is 0 Å². The zero-order valence-electron chi connectivity index (χ0n) is 10.9. The Bertz CT molecular complexity index is 524. The third-order valence-electron chi connectivity index (χ3n) is 2.74. The van der Waals surface area contributed by atoms with E-state index < -0.39 is 0 Å². The summed E-state index contributed by atoms with van der Waals surface area (Å²) in [5.41, 5.74) is 0.319. The van der Waals surface area contributed by atoms with Crippen molar-refractivity contribution in [1.82, 2.24) is 15.5 Å². The van der Waals surface area contributed by atoms with Gasteiger partial charge in [-0.05, 0) is 23.6 Å². The van der Waals surface area contributed by atoms with Crippen molar-refractivity contribution in [2.75, 3.05) is 18.9 Å². The predicted molar refractivity (Wildman–Crippen MR) is 76.6 cm³/mol. The van der Waals surface area contributed by atoms with Gasteiger partial charge in [0.05, 0.1) is 0 Å². The van der Waals surface area contributed by atoms with Gasteiger partial charge in [0.25, 0.3) is 5.91 Å². The molecule has 0 aliphatic rings. The summed E-state index contributed by atoms with van der Waals surface area (Å²) in [6.07, 6.45) is 0. The summed E-state index contributed by atoms with van der Waals surface area (Å²) in [5, 5.41) is 15.7. The van der Waals surface area contributed by atoms with Gasteiger partial charge >= 0.3 is 0 Å². The lowest BCUT2D eigenvalue weighted by Crippen LogP contribution is -2.20. The molecule has 1 atom stereocenters. The number of carbonyl (C=O) groups excluding carboxylic acids is 1. The van der Waals surface area contributed by atoms with Crippen LogP contribution in [0.15, 0.2) is 29.6 Å². The molecule has 0 fully saturated rings. The van der Waals surface area contributed by atoms with Crippen LogP contribution < -0.4 is 10.6 Å². The van der Waals surface area contributed by atoms with E-state index in [4.69, 9.17) is 0 Å². The summed E-state index contributed by atoms with van der Waals surface area (Å²) in [5.74, 6) is 0.863. The molecule has 0 saturated heterocycles. The minimum Gasteiger partial charge on any atom is -0.368 e. The average molecular weight is 276 g/mol.